The average Bonchev–Trinajstić information content (AvgIpc) is 2.15. The molecule has 0 nitrogen and oxygen atoms in total. The van der Waals surface area contributed by atoms with Crippen molar-refractivity contribution in [1.82, 2.24) is 0 Å². The summed E-state index contributed by atoms with van der Waals surface area (Å²) in [4.78, 5) is 0. The molecule has 96 valence electrons. The van der Waals surface area contributed by atoms with Gasteiger partial charge in [-0.15, -0.1) is 0 Å². The molecule has 0 saturated carbocycles. The van der Waals surface area contributed by atoms with Gasteiger partial charge in [-0.2, -0.15) is 22.0 Å². The first-order valence-electron chi connectivity index (χ1n) is 5.02. The van der Waals surface area contributed by atoms with Crippen molar-refractivity contribution in [3.63, 3.8) is 0 Å². The standard InChI is InChI=1S/C11H13F5Si/c1-17(2,3)9-6-4-5-8(7-9)10(12,13)11(14,15)16/h4-7H,1-3H3. The molecular weight excluding hydrogens is 255 g/mol. The molecule has 0 aliphatic heterocycles. The number of hydrogen-bond acceptors (Lipinski definition) is 0. The fourth-order valence-electron chi connectivity index (χ4n) is 1.34. The third kappa shape index (κ3) is 2.85. The highest BCUT2D eigenvalue weighted by Crippen LogP contribution is 2.43. The summed E-state index contributed by atoms with van der Waals surface area (Å²) in [6.45, 7) is 5.66. The number of halogens is 5. The summed E-state index contributed by atoms with van der Waals surface area (Å²) < 4.78 is 62.9. The Morgan fingerprint density at radius 2 is 1.47 bits per heavy atom. The smallest absolute Gasteiger partial charge is 0.191 e. The van der Waals surface area contributed by atoms with Crippen LogP contribution in [-0.2, 0) is 5.92 Å². The van der Waals surface area contributed by atoms with Crippen LogP contribution in [0, 0.1) is 0 Å². The quantitative estimate of drug-likeness (QED) is 0.564. The fraction of sp³-hybridized carbons (Fsp3) is 0.455. The van der Waals surface area contributed by atoms with Crippen LogP contribution in [-0.4, -0.2) is 14.3 Å². The third-order valence-corrected chi connectivity index (χ3v) is 4.49. The number of alkyl halides is 5. The van der Waals surface area contributed by atoms with Crippen molar-refractivity contribution in [1.29, 1.82) is 0 Å². The minimum Gasteiger partial charge on any atom is -0.191 e. The molecule has 0 heterocycles. The monoisotopic (exact) mass is 268 g/mol. The Balaban J connectivity index is 3.26. The molecule has 6 heteroatoms. The summed E-state index contributed by atoms with van der Waals surface area (Å²) in [5.74, 6) is -4.79. The van der Waals surface area contributed by atoms with Crippen molar-refractivity contribution in [2.45, 2.75) is 31.7 Å². The lowest BCUT2D eigenvalue weighted by Crippen LogP contribution is -2.40. The minimum absolute atomic E-state index is 0.582. The van der Waals surface area contributed by atoms with E-state index in [9.17, 15) is 22.0 Å². The Morgan fingerprint density at radius 1 is 0.941 bits per heavy atom. The lowest BCUT2D eigenvalue weighted by molar-refractivity contribution is -0.289. The van der Waals surface area contributed by atoms with Crippen molar-refractivity contribution in [2.24, 2.45) is 0 Å². The molecule has 17 heavy (non-hydrogen) atoms. The molecule has 0 N–H and O–H groups in total. The molecule has 0 aromatic heterocycles. The van der Waals surface area contributed by atoms with Crippen molar-refractivity contribution in [3.8, 4) is 0 Å². The SMILES string of the molecule is C[Si](C)(C)c1cccc(C(F)(F)C(F)(F)F)c1. The van der Waals surface area contributed by atoms with Crippen LogP contribution in [0.5, 0.6) is 0 Å². The predicted octanol–water partition coefficient (Wildman–Crippen LogP) is 3.89. The molecule has 0 radical (unpaired) electrons. The van der Waals surface area contributed by atoms with Gasteiger partial charge in [0, 0.05) is 5.56 Å². The second kappa shape index (κ2) is 4.08. The lowest BCUT2D eigenvalue weighted by atomic mass is 10.1. The number of hydrogen-bond donors (Lipinski definition) is 0. The molecule has 0 bridgehead atoms. The largest absolute Gasteiger partial charge is 0.458 e. The van der Waals surface area contributed by atoms with Gasteiger partial charge in [-0.05, 0) is 0 Å². The molecule has 0 unspecified atom stereocenters. The Morgan fingerprint density at radius 3 is 1.88 bits per heavy atom. The molecule has 0 amide bonds. The van der Waals surface area contributed by atoms with E-state index in [1.807, 2.05) is 19.6 Å². The van der Waals surface area contributed by atoms with Crippen LogP contribution in [0.15, 0.2) is 24.3 Å². The van der Waals surface area contributed by atoms with Gasteiger partial charge in [-0.3, -0.25) is 0 Å². The van der Waals surface area contributed by atoms with Gasteiger partial charge in [0.25, 0.3) is 0 Å². The van der Waals surface area contributed by atoms with E-state index in [2.05, 4.69) is 0 Å². The van der Waals surface area contributed by atoms with Crippen LogP contribution in [0.4, 0.5) is 22.0 Å². The van der Waals surface area contributed by atoms with Crippen LogP contribution in [0.25, 0.3) is 0 Å². The Labute approximate surface area is 97.5 Å². The summed E-state index contributed by atoms with van der Waals surface area (Å²) in [6, 6.07) is 4.64. The predicted molar refractivity (Wildman–Crippen MR) is 59.4 cm³/mol. The first-order chi connectivity index (χ1) is 7.46. The van der Waals surface area contributed by atoms with Crippen LogP contribution < -0.4 is 5.19 Å². The van der Waals surface area contributed by atoms with Crippen molar-refractivity contribution in [3.05, 3.63) is 29.8 Å². The first-order valence-corrected chi connectivity index (χ1v) is 8.52. The highest BCUT2D eigenvalue weighted by atomic mass is 28.3. The Hall–Kier alpha value is -0.913. The van der Waals surface area contributed by atoms with Gasteiger partial charge >= 0.3 is 12.1 Å². The molecule has 0 fully saturated rings. The maximum absolute atomic E-state index is 13.1. The zero-order valence-corrected chi connectivity index (χ0v) is 10.7. The Bertz CT molecular complexity index is 403. The van der Waals surface area contributed by atoms with E-state index in [0.717, 1.165) is 12.1 Å². The summed E-state index contributed by atoms with van der Waals surface area (Å²) in [5.41, 5.74) is -0.982. The highest BCUT2D eigenvalue weighted by Gasteiger charge is 2.58. The minimum atomic E-state index is -5.55. The van der Waals surface area contributed by atoms with E-state index in [1.54, 1.807) is 6.07 Å². The molecule has 0 aliphatic carbocycles. The maximum Gasteiger partial charge on any atom is 0.458 e. The highest BCUT2D eigenvalue weighted by molar-refractivity contribution is 6.88. The normalized spacial score (nSPS) is 13.9. The van der Waals surface area contributed by atoms with Gasteiger partial charge in [-0.1, -0.05) is 49.1 Å². The van der Waals surface area contributed by atoms with Crippen molar-refractivity contribution < 1.29 is 22.0 Å². The topological polar surface area (TPSA) is 0 Å². The second-order valence-corrected chi connectivity index (χ2v) is 9.98. The summed E-state index contributed by atoms with van der Waals surface area (Å²) in [7, 11) is -1.90. The van der Waals surface area contributed by atoms with Crippen molar-refractivity contribution in [2.75, 3.05) is 0 Å². The molecule has 0 atom stereocenters. The van der Waals surface area contributed by atoms with Crippen LogP contribution >= 0.6 is 0 Å². The first kappa shape index (κ1) is 14.1. The van der Waals surface area contributed by atoms with E-state index in [-0.39, 0.29) is 0 Å². The molecule has 0 spiro atoms. The molecule has 0 aliphatic rings. The number of rotatable bonds is 2. The lowest BCUT2D eigenvalue weighted by Gasteiger charge is -2.23. The van der Waals surface area contributed by atoms with Gasteiger partial charge in [0.15, 0.2) is 0 Å². The third-order valence-electron chi connectivity index (χ3n) is 2.45. The maximum atomic E-state index is 13.1. The van der Waals surface area contributed by atoms with E-state index in [4.69, 9.17) is 0 Å². The van der Waals surface area contributed by atoms with Crippen LogP contribution in [0.3, 0.4) is 0 Å². The zero-order chi connectivity index (χ0) is 13.5. The molecule has 1 rings (SSSR count). The van der Waals surface area contributed by atoms with E-state index < -0.39 is 25.7 Å². The average molecular weight is 268 g/mol. The second-order valence-electron chi connectivity index (χ2n) is 4.90. The fourth-order valence-corrected chi connectivity index (χ4v) is 2.53. The molecule has 0 saturated heterocycles. The van der Waals surface area contributed by atoms with Gasteiger partial charge in [0.05, 0.1) is 8.07 Å². The zero-order valence-electron chi connectivity index (χ0n) is 9.70. The summed E-state index contributed by atoms with van der Waals surface area (Å²) >= 11 is 0. The summed E-state index contributed by atoms with van der Waals surface area (Å²) in [6.07, 6.45) is -5.55. The number of benzene rings is 1. The van der Waals surface area contributed by atoms with Gasteiger partial charge in [0.2, 0.25) is 0 Å². The van der Waals surface area contributed by atoms with Crippen LogP contribution in [0.1, 0.15) is 5.56 Å². The molecule has 1 aromatic carbocycles. The van der Waals surface area contributed by atoms with Crippen molar-refractivity contribution >= 4 is 13.3 Å². The van der Waals surface area contributed by atoms with Gasteiger partial charge in [-0.25, -0.2) is 0 Å². The molecular formula is C11H13F5Si. The van der Waals surface area contributed by atoms with E-state index in [1.165, 1.54) is 6.07 Å². The van der Waals surface area contributed by atoms with Gasteiger partial charge in [0.1, 0.15) is 0 Å². The Kier molecular flexibility index (Phi) is 3.40. The van der Waals surface area contributed by atoms with Crippen LogP contribution in [0.2, 0.25) is 19.6 Å². The van der Waals surface area contributed by atoms with E-state index >= 15 is 0 Å². The van der Waals surface area contributed by atoms with Gasteiger partial charge < -0.3 is 0 Å². The summed E-state index contributed by atoms with van der Waals surface area (Å²) in [5, 5.41) is 0.582. The molecule has 1 aromatic rings. The van der Waals surface area contributed by atoms with E-state index in [0.29, 0.717) is 5.19 Å².